The van der Waals surface area contributed by atoms with Crippen molar-refractivity contribution in [2.45, 2.75) is 37.4 Å². The van der Waals surface area contributed by atoms with E-state index in [4.69, 9.17) is 18.9 Å². The Morgan fingerprint density at radius 2 is 1.65 bits per heavy atom. The van der Waals surface area contributed by atoms with E-state index in [0.717, 1.165) is 11.4 Å². The molecule has 10 heteroatoms. The highest BCUT2D eigenvalue weighted by Gasteiger charge is 2.30. The second-order valence-corrected chi connectivity index (χ2v) is 11.5. The van der Waals surface area contributed by atoms with Crippen molar-refractivity contribution in [2.75, 3.05) is 30.9 Å². The highest BCUT2D eigenvalue weighted by molar-refractivity contribution is 7.99. The lowest BCUT2D eigenvalue weighted by molar-refractivity contribution is -0.113. The summed E-state index contributed by atoms with van der Waals surface area (Å²) >= 11 is 1.29. The van der Waals surface area contributed by atoms with Gasteiger partial charge in [0, 0.05) is 11.8 Å². The number of thioether (sulfide) groups is 1. The summed E-state index contributed by atoms with van der Waals surface area (Å²) in [6, 6.07) is 21.1. The molecule has 0 aliphatic carbocycles. The summed E-state index contributed by atoms with van der Waals surface area (Å²) in [5.41, 5.74) is 2.77. The van der Waals surface area contributed by atoms with Gasteiger partial charge < -0.3 is 24.3 Å². The lowest BCUT2D eigenvalue weighted by Crippen LogP contribution is -2.25. The Kier molecular flexibility index (Phi) is 7.02. The van der Waals surface area contributed by atoms with Gasteiger partial charge in [0.2, 0.25) is 5.91 Å². The summed E-state index contributed by atoms with van der Waals surface area (Å²) in [6.07, 6.45) is -0.500. The van der Waals surface area contributed by atoms with Crippen molar-refractivity contribution < 1.29 is 23.7 Å². The van der Waals surface area contributed by atoms with E-state index in [0.29, 0.717) is 47.2 Å². The maximum absolute atomic E-state index is 12.9. The zero-order chi connectivity index (χ0) is 27.7. The average molecular weight is 559 g/mol. The largest absolute Gasteiger partial charge is 0.486 e. The van der Waals surface area contributed by atoms with Gasteiger partial charge in [-0.05, 0) is 47.4 Å². The van der Waals surface area contributed by atoms with E-state index < -0.39 is 6.10 Å². The van der Waals surface area contributed by atoms with Crippen LogP contribution in [0.3, 0.4) is 0 Å². The quantitative estimate of drug-likeness (QED) is 0.307. The molecule has 0 spiro atoms. The molecule has 0 saturated carbocycles. The number of aromatic nitrogens is 3. The smallest absolute Gasteiger partial charge is 0.234 e. The first-order chi connectivity index (χ1) is 19.3. The number of fused-ring (bicyclic) bond motifs is 2. The first-order valence-corrected chi connectivity index (χ1v) is 14.1. The maximum Gasteiger partial charge on any atom is 0.234 e. The molecule has 2 aliphatic heterocycles. The standard InChI is InChI=1S/C30H30N4O5S/c1-30(2,3)19-8-10-20(11-9-19)31-27(35)18-40-29-33-32-28(26-17-38-22-6-4-5-7-24(22)39-26)34(29)21-12-13-23-25(16-21)37-15-14-36-23/h4-13,16,26H,14-15,17-18H2,1-3H3,(H,31,35)/t26-/m1/s1. The fourth-order valence-corrected chi connectivity index (χ4v) is 5.28. The Labute approximate surface area is 236 Å². The number of benzene rings is 3. The van der Waals surface area contributed by atoms with Crippen molar-refractivity contribution in [1.29, 1.82) is 0 Å². The molecule has 1 amide bonds. The van der Waals surface area contributed by atoms with Gasteiger partial charge in [-0.25, -0.2) is 0 Å². The molecule has 1 aromatic heterocycles. The Bertz CT molecular complexity index is 1530. The molecule has 3 heterocycles. The van der Waals surface area contributed by atoms with Crippen LogP contribution in [-0.4, -0.2) is 46.2 Å². The number of hydrogen-bond acceptors (Lipinski definition) is 8. The molecule has 0 bridgehead atoms. The number of hydrogen-bond donors (Lipinski definition) is 1. The minimum Gasteiger partial charge on any atom is -0.486 e. The second kappa shape index (κ2) is 10.8. The van der Waals surface area contributed by atoms with E-state index in [2.05, 4.69) is 36.3 Å². The molecule has 0 fully saturated rings. The number of ether oxygens (including phenoxy) is 4. The van der Waals surface area contributed by atoms with Gasteiger partial charge in [0.15, 0.2) is 40.1 Å². The fraction of sp³-hybridized carbons (Fsp3) is 0.300. The topological polar surface area (TPSA) is 96.7 Å². The van der Waals surface area contributed by atoms with Crippen LogP contribution in [0.15, 0.2) is 71.9 Å². The van der Waals surface area contributed by atoms with Crippen LogP contribution in [0.2, 0.25) is 0 Å². The number of rotatable bonds is 6. The van der Waals surface area contributed by atoms with E-state index in [1.54, 1.807) is 0 Å². The van der Waals surface area contributed by atoms with Crippen molar-refractivity contribution in [3.8, 4) is 28.7 Å². The molecule has 40 heavy (non-hydrogen) atoms. The Balaban J connectivity index is 1.25. The summed E-state index contributed by atoms with van der Waals surface area (Å²) in [5, 5.41) is 12.4. The van der Waals surface area contributed by atoms with Gasteiger partial charge in [0.25, 0.3) is 0 Å². The third kappa shape index (κ3) is 5.44. The molecular weight excluding hydrogens is 528 g/mol. The molecule has 0 radical (unpaired) electrons. The van der Waals surface area contributed by atoms with Gasteiger partial charge >= 0.3 is 0 Å². The Morgan fingerprint density at radius 1 is 0.925 bits per heavy atom. The molecule has 2 aliphatic rings. The number of nitrogens with one attached hydrogen (secondary N) is 1. The van der Waals surface area contributed by atoms with Crippen LogP contribution in [0.1, 0.15) is 38.3 Å². The molecule has 6 rings (SSSR count). The number of carbonyl (C=O) groups is 1. The normalized spacial score (nSPS) is 15.9. The minimum atomic E-state index is -0.500. The van der Waals surface area contributed by atoms with Gasteiger partial charge in [0.1, 0.15) is 19.8 Å². The Hall–Kier alpha value is -4.18. The summed E-state index contributed by atoms with van der Waals surface area (Å²) in [6.45, 7) is 7.73. The third-order valence-electron chi connectivity index (χ3n) is 6.61. The van der Waals surface area contributed by atoms with Crippen LogP contribution in [0.5, 0.6) is 23.0 Å². The van der Waals surface area contributed by atoms with Crippen molar-refractivity contribution in [2.24, 2.45) is 0 Å². The summed E-state index contributed by atoms with van der Waals surface area (Å²) in [5.74, 6) is 3.22. The van der Waals surface area contributed by atoms with E-state index >= 15 is 0 Å². The van der Waals surface area contributed by atoms with E-state index in [9.17, 15) is 4.79 Å². The summed E-state index contributed by atoms with van der Waals surface area (Å²) in [7, 11) is 0. The van der Waals surface area contributed by atoms with E-state index in [-0.39, 0.29) is 23.7 Å². The van der Waals surface area contributed by atoms with Crippen LogP contribution in [0.4, 0.5) is 5.69 Å². The van der Waals surface area contributed by atoms with Crippen molar-refractivity contribution in [3.63, 3.8) is 0 Å². The van der Waals surface area contributed by atoms with Crippen LogP contribution < -0.4 is 24.3 Å². The molecule has 206 valence electrons. The predicted octanol–water partition coefficient (Wildman–Crippen LogP) is 5.58. The molecule has 1 atom stereocenters. The van der Waals surface area contributed by atoms with Gasteiger partial charge in [-0.15, -0.1) is 10.2 Å². The monoisotopic (exact) mass is 558 g/mol. The lowest BCUT2D eigenvalue weighted by Gasteiger charge is -2.26. The van der Waals surface area contributed by atoms with Crippen molar-refractivity contribution in [1.82, 2.24) is 14.8 Å². The van der Waals surface area contributed by atoms with Crippen LogP contribution in [0, 0.1) is 0 Å². The van der Waals surface area contributed by atoms with Crippen molar-refractivity contribution in [3.05, 3.63) is 78.1 Å². The molecule has 9 nitrogen and oxygen atoms in total. The van der Waals surface area contributed by atoms with Gasteiger partial charge in [0.05, 0.1) is 11.4 Å². The third-order valence-corrected chi connectivity index (χ3v) is 7.53. The lowest BCUT2D eigenvalue weighted by atomic mass is 9.87. The zero-order valence-electron chi connectivity index (χ0n) is 22.5. The molecule has 0 saturated heterocycles. The molecule has 3 aromatic carbocycles. The van der Waals surface area contributed by atoms with Gasteiger partial charge in [-0.3, -0.25) is 9.36 Å². The molecule has 4 aromatic rings. The minimum absolute atomic E-state index is 0.0448. The first kappa shape index (κ1) is 26.1. The van der Waals surface area contributed by atoms with Crippen LogP contribution >= 0.6 is 11.8 Å². The van der Waals surface area contributed by atoms with Crippen LogP contribution in [-0.2, 0) is 10.2 Å². The van der Waals surface area contributed by atoms with E-state index in [1.807, 2.05) is 71.3 Å². The molecule has 0 unspecified atom stereocenters. The highest BCUT2D eigenvalue weighted by Crippen LogP contribution is 2.38. The number of carbonyl (C=O) groups excluding carboxylic acids is 1. The summed E-state index contributed by atoms with van der Waals surface area (Å²) in [4.78, 5) is 12.9. The molecular formula is C30H30N4O5S. The average Bonchev–Trinajstić information content (AvgIpc) is 3.39. The number of nitrogens with zero attached hydrogens (tertiary/aromatic N) is 3. The van der Waals surface area contributed by atoms with Crippen molar-refractivity contribution >= 4 is 23.4 Å². The first-order valence-electron chi connectivity index (χ1n) is 13.1. The Morgan fingerprint density at radius 3 is 2.42 bits per heavy atom. The second-order valence-electron chi connectivity index (χ2n) is 10.5. The van der Waals surface area contributed by atoms with Gasteiger partial charge in [-0.2, -0.15) is 0 Å². The van der Waals surface area contributed by atoms with Crippen LogP contribution in [0.25, 0.3) is 5.69 Å². The molecule has 1 N–H and O–H groups in total. The number of amides is 1. The summed E-state index contributed by atoms with van der Waals surface area (Å²) < 4.78 is 25.6. The SMILES string of the molecule is CC(C)(C)c1ccc(NC(=O)CSc2nnc([C@H]3COc4ccccc4O3)n2-c2ccc3c(c2)OCCO3)cc1. The zero-order valence-corrected chi connectivity index (χ0v) is 23.4. The highest BCUT2D eigenvalue weighted by atomic mass is 32.2. The number of anilines is 1. The maximum atomic E-state index is 12.9. The predicted molar refractivity (Wildman–Crippen MR) is 152 cm³/mol. The van der Waals surface area contributed by atoms with Gasteiger partial charge in [-0.1, -0.05) is 56.8 Å². The van der Waals surface area contributed by atoms with E-state index in [1.165, 1.54) is 17.3 Å². The number of para-hydroxylation sites is 2. The fourth-order valence-electron chi connectivity index (χ4n) is 4.52.